The molecule has 98 valence electrons. The van der Waals surface area contributed by atoms with Gasteiger partial charge in [0.25, 0.3) is 0 Å². The third kappa shape index (κ3) is 2.80. The maximum atomic E-state index is 12.4. The van der Waals surface area contributed by atoms with Crippen LogP contribution in [0.2, 0.25) is 0 Å². The van der Waals surface area contributed by atoms with Crippen molar-refractivity contribution < 1.29 is 4.79 Å². The molecule has 0 radical (unpaired) electrons. The van der Waals surface area contributed by atoms with Crippen molar-refractivity contribution in [3.8, 4) is 0 Å². The first kappa shape index (κ1) is 12.8. The maximum absolute atomic E-state index is 12.4. The van der Waals surface area contributed by atoms with Gasteiger partial charge < -0.3 is 10.2 Å². The van der Waals surface area contributed by atoms with Gasteiger partial charge in [-0.2, -0.15) is 0 Å². The molecule has 4 heteroatoms. The fourth-order valence-corrected chi connectivity index (χ4v) is 2.87. The van der Waals surface area contributed by atoms with Gasteiger partial charge in [-0.3, -0.25) is 9.69 Å². The summed E-state index contributed by atoms with van der Waals surface area (Å²) in [5.74, 6) is 0.316. The zero-order valence-corrected chi connectivity index (χ0v) is 11.3. The Labute approximate surface area is 104 Å². The monoisotopic (exact) mass is 239 g/mol. The van der Waals surface area contributed by atoms with E-state index in [4.69, 9.17) is 0 Å². The molecule has 0 saturated carbocycles. The standard InChI is InChI=1S/C13H25N3O/c1-10-8-16(9-11(2)15(10)3)13(17)12-6-4-5-7-14-12/h10-12,14H,4-9H2,1-3H3/t10?,11?,12-/m0/s1. The number of rotatable bonds is 1. The van der Waals surface area contributed by atoms with Gasteiger partial charge >= 0.3 is 0 Å². The van der Waals surface area contributed by atoms with Crippen LogP contribution in [0, 0.1) is 0 Å². The second kappa shape index (κ2) is 5.36. The van der Waals surface area contributed by atoms with Gasteiger partial charge in [0.05, 0.1) is 6.04 Å². The van der Waals surface area contributed by atoms with Gasteiger partial charge in [-0.25, -0.2) is 0 Å². The highest BCUT2D eigenvalue weighted by molar-refractivity contribution is 5.82. The average molecular weight is 239 g/mol. The Kier molecular flexibility index (Phi) is 4.05. The molecule has 17 heavy (non-hydrogen) atoms. The molecule has 2 heterocycles. The van der Waals surface area contributed by atoms with Gasteiger partial charge in [0.15, 0.2) is 0 Å². The highest BCUT2D eigenvalue weighted by Crippen LogP contribution is 2.16. The summed E-state index contributed by atoms with van der Waals surface area (Å²) in [6, 6.07) is 1.00. The maximum Gasteiger partial charge on any atom is 0.239 e. The first-order chi connectivity index (χ1) is 8.09. The first-order valence-corrected chi connectivity index (χ1v) is 6.83. The third-order valence-electron chi connectivity index (χ3n) is 4.28. The quantitative estimate of drug-likeness (QED) is 0.731. The van der Waals surface area contributed by atoms with Crippen LogP contribution in [0.25, 0.3) is 0 Å². The molecule has 4 nitrogen and oxygen atoms in total. The van der Waals surface area contributed by atoms with Crippen LogP contribution in [0.15, 0.2) is 0 Å². The van der Waals surface area contributed by atoms with Crippen molar-refractivity contribution >= 4 is 5.91 Å². The molecule has 2 saturated heterocycles. The normalized spacial score (nSPS) is 35.9. The van der Waals surface area contributed by atoms with Gasteiger partial charge in [-0.1, -0.05) is 6.42 Å². The Hall–Kier alpha value is -0.610. The molecule has 0 aromatic heterocycles. The van der Waals surface area contributed by atoms with Crippen LogP contribution in [-0.2, 0) is 4.79 Å². The van der Waals surface area contributed by atoms with E-state index in [-0.39, 0.29) is 6.04 Å². The van der Waals surface area contributed by atoms with Crippen molar-refractivity contribution in [2.75, 3.05) is 26.7 Å². The highest BCUT2D eigenvalue weighted by atomic mass is 16.2. The number of piperazine rings is 1. The molecule has 3 atom stereocenters. The predicted molar refractivity (Wildman–Crippen MR) is 68.9 cm³/mol. The van der Waals surface area contributed by atoms with E-state index in [9.17, 15) is 4.79 Å². The van der Waals surface area contributed by atoms with E-state index in [0.717, 1.165) is 26.1 Å². The predicted octanol–water partition coefficient (Wildman–Crippen LogP) is 0.680. The molecule has 2 unspecified atom stereocenters. The van der Waals surface area contributed by atoms with Crippen molar-refractivity contribution in [1.29, 1.82) is 0 Å². The van der Waals surface area contributed by atoms with Crippen LogP contribution in [-0.4, -0.2) is 60.5 Å². The number of amides is 1. The summed E-state index contributed by atoms with van der Waals surface area (Å²) >= 11 is 0. The average Bonchev–Trinajstić information content (AvgIpc) is 2.35. The number of nitrogens with one attached hydrogen (secondary N) is 1. The summed E-state index contributed by atoms with van der Waals surface area (Å²) in [6.07, 6.45) is 3.40. The highest BCUT2D eigenvalue weighted by Gasteiger charge is 2.32. The van der Waals surface area contributed by atoms with E-state index in [2.05, 4.69) is 36.0 Å². The molecule has 1 N–H and O–H groups in total. The van der Waals surface area contributed by atoms with Crippen LogP contribution < -0.4 is 5.32 Å². The van der Waals surface area contributed by atoms with E-state index in [1.54, 1.807) is 0 Å². The van der Waals surface area contributed by atoms with Gasteiger partial charge in [0.2, 0.25) is 5.91 Å². The minimum Gasteiger partial charge on any atom is -0.338 e. The van der Waals surface area contributed by atoms with Crippen molar-refractivity contribution in [3.63, 3.8) is 0 Å². The van der Waals surface area contributed by atoms with Crippen molar-refractivity contribution in [2.24, 2.45) is 0 Å². The van der Waals surface area contributed by atoms with Crippen LogP contribution in [0.5, 0.6) is 0 Å². The van der Waals surface area contributed by atoms with Crippen molar-refractivity contribution in [1.82, 2.24) is 15.1 Å². The first-order valence-electron chi connectivity index (χ1n) is 6.83. The second-order valence-corrected chi connectivity index (χ2v) is 5.61. The zero-order valence-electron chi connectivity index (χ0n) is 11.3. The smallest absolute Gasteiger partial charge is 0.239 e. The molecular weight excluding hydrogens is 214 g/mol. The minimum absolute atomic E-state index is 0.0755. The Balaban J connectivity index is 1.95. The topological polar surface area (TPSA) is 35.6 Å². The Morgan fingerprint density at radius 2 is 1.82 bits per heavy atom. The van der Waals surface area contributed by atoms with Crippen molar-refractivity contribution in [2.45, 2.75) is 51.2 Å². The molecule has 2 aliphatic heterocycles. The SMILES string of the molecule is CC1CN(C(=O)[C@@H]2CCCCN2)CC(C)N1C. The number of carbonyl (C=O) groups excluding carboxylic acids is 1. The van der Waals surface area contributed by atoms with Gasteiger partial charge in [-0.05, 0) is 40.3 Å². The van der Waals surface area contributed by atoms with Crippen LogP contribution >= 0.6 is 0 Å². The number of hydrogen-bond donors (Lipinski definition) is 1. The lowest BCUT2D eigenvalue weighted by Crippen LogP contribution is -2.60. The largest absolute Gasteiger partial charge is 0.338 e. The summed E-state index contributed by atoms with van der Waals surface area (Å²) in [7, 11) is 2.15. The van der Waals surface area contributed by atoms with Crippen molar-refractivity contribution in [3.05, 3.63) is 0 Å². The molecule has 2 fully saturated rings. The summed E-state index contributed by atoms with van der Waals surface area (Å²) in [4.78, 5) is 16.8. The zero-order chi connectivity index (χ0) is 12.4. The minimum atomic E-state index is 0.0755. The van der Waals surface area contributed by atoms with Crippen LogP contribution in [0.3, 0.4) is 0 Å². The summed E-state index contributed by atoms with van der Waals surface area (Å²) in [5, 5.41) is 3.35. The third-order valence-corrected chi connectivity index (χ3v) is 4.28. The summed E-state index contributed by atoms with van der Waals surface area (Å²) < 4.78 is 0. The summed E-state index contributed by atoms with van der Waals surface area (Å²) in [5.41, 5.74) is 0. The Bertz CT molecular complexity index is 264. The van der Waals surface area contributed by atoms with E-state index in [0.29, 0.717) is 18.0 Å². The van der Waals surface area contributed by atoms with Crippen LogP contribution in [0.1, 0.15) is 33.1 Å². The molecule has 1 amide bonds. The molecule has 0 bridgehead atoms. The van der Waals surface area contributed by atoms with Crippen LogP contribution in [0.4, 0.5) is 0 Å². The molecule has 2 aliphatic rings. The number of carbonyl (C=O) groups is 1. The fraction of sp³-hybridized carbons (Fsp3) is 0.923. The van der Waals surface area contributed by atoms with E-state index in [1.165, 1.54) is 12.8 Å². The van der Waals surface area contributed by atoms with E-state index < -0.39 is 0 Å². The molecule has 0 aliphatic carbocycles. The molecule has 0 aromatic rings. The van der Waals surface area contributed by atoms with Gasteiger partial charge in [0.1, 0.15) is 0 Å². The number of piperidine rings is 1. The van der Waals surface area contributed by atoms with Gasteiger partial charge in [0, 0.05) is 25.2 Å². The number of likely N-dealkylation sites (N-methyl/N-ethyl adjacent to an activating group) is 1. The lowest BCUT2D eigenvalue weighted by atomic mass is 10.0. The Morgan fingerprint density at radius 3 is 2.35 bits per heavy atom. The lowest BCUT2D eigenvalue weighted by Gasteiger charge is -2.43. The summed E-state index contributed by atoms with van der Waals surface area (Å²) in [6.45, 7) is 7.14. The molecule has 0 aromatic carbocycles. The van der Waals surface area contributed by atoms with Gasteiger partial charge in [-0.15, -0.1) is 0 Å². The number of nitrogens with zero attached hydrogens (tertiary/aromatic N) is 2. The number of hydrogen-bond acceptors (Lipinski definition) is 3. The Morgan fingerprint density at radius 1 is 1.18 bits per heavy atom. The molecular formula is C13H25N3O. The van der Waals surface area contributed by atoms with E-state index in [1.807, 2.05) is 0 Å². The lowest BCUT2D eigenvalue weighted by molar-refractivity contribution is -0.138. The fourth-order valence-electron chi connectivity index (χ4n) is 2.87. The molecule has 2 rings (SSSR count). The second-order valence-electron chi connectivity index (χ2n) is 5.61. The molecule has 0 spiro atoms. The van der Waals surface area contributed by atoms with E-state index >= 15 is 0 Å².